The van der Waals surface area contributed by atoms with Crippen molar-refractivity contribution < 1.29 is 13.2 Å². The van der Waals surface area contributed by atoms with E-state index in [4.69, 9.17) is 4.74 Å². The van der Waals surface area contributed by atoms with Crippen LogP contribution in [0.5, 0.6) is 5.75 Å². The van der Waals surface area contributed by atoms with Gasteiger partial charge in [-0.1, -0.05) is 12.1 Å². The minimum atomic E-state index is -3.64. The SMILES string of the molecule is COc1ccc2cc(S(=O)(=O)N3CCC4(CC3)Nc3ccccc3-n3cccc34)cnc2c1. The summed E-state index contributed by atoms with van der Waals surface area (Å²) in [6.07, 6.45) is 4.89. The van der Waals surface area contributed by atoms with Crippen molar-refractivity contribution in [1.82, 2.24) is 13.9 Å². The fraction of sp³-hybridized carbons (Fsp3) is 0.240. The molecule has 4 heterocycles. The van der Waals surface area contributed by atoms with Crippen molar-refractivity contribution in [2.45, 2.75) is 23.3 Å². The number of methoxy groups -OCH3 is 1. The minimum absolute atomic E-state index is 0.224. The van der Waals surface area contributed by atoms with Gasteiger partial charge in [-0.25, -0.2) is 8.42 Å². The highest BCUT2D eigenvalue weighted by Crippen LogP contribution is 2.44. The summed E-state index contributed by atoms with van der Waals surface area (Å²) in [5.74, 6) is 0.693. The first-order valence-electron chi connectivity index (χ1n) is 11.0. The highest BCUT2D eigenvalue weighted by atomic mass is 32.2. The largest absolute Gasteiger partial charge is 0.497 e. The molecule has 2 aromatic carbocycles. The van der Waals surface area contributed by atoms with Gasteiger partial charge in [-0.3, -0.25) is 4.98 Å². The highest BCUT2D eigenvalue weighted by molar-refractivity contribution is 7.89. The molecule has 0 aliphatic carbocycles. The Morgan fingerprint density at radius 1 is 1.03 bits per heavy atom. The van der Waals surface area contributed by atoms with E-state index in [9.17, 15) is 8.42 Å². The zero-order valence-corrected chi connectivity index (χ0v) is 19.0. The molecule has 0 unspecified atom stereocenters. The molecule has 1 fully saturated rings. The van der Waals surface area contributed by atoms with Crippen LogP contribution >= 0.6 is 0 Å². The van der Waals surface area contributed by atoms with E-state index in [1.807, 2.05) is 24.3 Å². The molecule has 1 spiro atoms. The zero-order chi connectivity index (χ0) is 22.6. The van der Waals surface area contributed by atoms with Crippen molar-refractivity contribution in [3.8, 4) is 11.4 Å². The molecule has 4 aromatic rings. The van der Waals surface area contributed by atoms with Gasteiger partial charge in [-0.2, -0.15) is 4.31 Å². The second kappa shape index (κ2) is 7.33. The van der Waals surface area contributed by atoms with E-state index in [1.165, 1.54) is 11.9 Å². The van der Waals surface area contributed by atoms with Crippen molar-refractivity contribution in [2.75, 3.05) is 25.5 Å². The second-order valence-electron chi connectivity index (χ2n) is 8.62. The molecule has 33 heavy (non-hydrogen) atoms. The summed E-state index contributed by atoms with van der Waals surface area (Å²) in [4.78, 5) is 4.60. The maximum Gasteiger partial charge on any atom is 0.244 e. The van der Waals surface area contributed by atoms with Gasteiger partial charge in [0.15, 0.2) is 0 Å². The van der Waals surface area contributed by atoms with Crippen molar-refractivity contribution in [3.63, 3.8) is 0 Å². The van der Waals surface area contributed by atoms with Gasteiger partial charge >= 0.3 is 0 Å². The molecule has 0 atom stereocenters. The number of rotatable bonds is 3. The predicted octanol–water partition coefficient (Wildman–Crippen LogP) is 4.14. The highest BCUT2D eigenvalue weighted by Gasteiger charge is 2.43. The third-order valence-corrected chi connectivity index (χ3v) is 8.72. The molecule has 1 saturated heterocycles. The molecule has 2 aliphatic rings. The lowest BCUT2D eigenvalue weighted by Crippen LogP contribution is -2.50. The molecule has 2 aliphatic heterocycles. The van der Waals surface area contributed by atoms with Crippen LogP contribution in [0.15, 0.2) is 78.0 Å². The van der Waals surface area contributed by atoms with E-state index in [1.54, 1.807) is 23.5 Å². The minimum Gasteiger partial charge on any atom is -0.497 e. The number of hydrogen-bond donors (Lipinski definition) is 1. The van der Waals surface area contributed by atoms with Gasteiger partial charge in [0.05, 0.1) is 29.5 Å². The molecule has 0 amide bonds. The Kier molecular flexibility index (Phi) is 4.50. The van der Waals surface area contributed by atoms with Gasteiger partial charge in [0.2, 0.25) is 10.0 Å². The average molecular weight is 461 g/mol. The molecule has 0 saturated carbocycles. The molecule has 2 aromatic heterocycles. The number of ether oxygens (including phenoxy) is 1. The molecular weight excluding hydrogens is 436 g/mol. The Labute approximate surface area is 192 Å². The summed E-state index contributed by atoms with van der Waals surface area (Å²) < 4.78 is 35.9. The van der Waals surface area contributed by atoms with Crippen molar-refractivity contribution in [1.29, 1.82) is 0 Å². The standard InChI is InChI=1S/C25H24N4O3S/c1-32-19-9-8-18-15-20(17-26-22(18)16-19)33(30,31)28-13-10-25(11-14-28)24-7-4-12-29(24)23-6-3-2-5-21(23)27-25/h2-9,12,15-17,27H,10-11,13-14H2,1H3. The first-order valence-corrected chi connectivity index (χ1v) is 12.4. The van der Waals surface area contributed by atoms with Crippen molar-refractivity contribution in [3.05, 3.63) is 78.8 Å². The third-order valence-electron chi connectivity index (χ3n) is 6.86. The summed E-state index contributed by atoms with van der Waals surface area (Å²) in [7, 11) is -2.05. The topological polar surface area (TPSA) is 76.5 Å². The van der Waals surface area contributed by atoms with E-state index < -0.39 is 10.0 Å². The lowest BCUT2D eigenvalue weighted by molar-refractivity contribution is 0.247. The number of aromatic nitrogens is 2. The monoisotopic (exact) mass is 460 g/mol. The zero-order valence-electron chi connectivity index (χ0n) is 18.2. The maximum atomic E-state index is 13.5. The summed E-state index contributed by atoms with van der Waals surface area (Å²) in [6.45, 7) is 0.868. The molecule has 0 radical (unpaired) electrons. The first kappa shape index (κ1) is 20.3. The van der Waals surface area contributed by atoms with Gasteiger partial charge < -0.3 is 14.6 Å². The van der Waals surface area contributed by atoms with Gasteiger partial charge in [0.25, 0.3) is 0 Å². The van der Waals surface area contributed by atoms with Crippen LogP contribution < -0.4 is 10.1 Å². The van der Waals surface area contributed by atoms with Crippen molar-refractivity contribution >= 4 is 26.6 Å². The van der Waals surface area contributed by atoms with E-state index in [-0.39, 0.29) is 10.4 Å². The van der Waals surface area contributed by atoms with Crippen LogP contribution in [0, 0.1) is 0 Å². The van der Waals surface area contributed by atoms with Gasteiger partial charge in [-0.05, 0) is 55.3 Å². The van der Waals surface area contributed by atoms with Crippen LogP contribution in [0.4, 0.5) is 5.69 Å². The normalized spacial score (nSPS) is 17.4. The average Bonchev–Trinajstić information content (AvgIpc) is 3.35. The summed E-state index contributed by atoms with van der Waals surface area (Å²) in [5, 5.41) is 4.51. The van der Waals surface area contributed by atoms with Gasteiger partial charge in [0.1, 0.15) is 10.6 Å². The third kappa shape index (κ3) is 3.13. The van der Waals surface area contributed by atoms with E-state index in [2.05, 4.69) is 45.3 Å². The number of hydrogen-bond acceptors (Lipinski definition) is 5. The Morgan fingerprint density at radius 2 is 1.85 bits per heavy atom. The van der Waals surface area contributed by atoms with Crippen LogP contribution in [0.3, 0.4) is 0 Å². The number of nitrogens with one attached hydrogen (secondary N) is 1. The first-order chi connectivity index (χ1) is 16.0. The van der Waals surface area contributed by atoms with Crippen LogP contribution in [0.25, 0.3) is 16.6 Å². The van der Waals surface area contributed by atoms with Gasteiger partial charge in [0, 0.05) is 42.6 Å². The van der Waals surface area contributed by atoms with Crippen LogP contribution in [-0.2, 0) is 15.6 Å². The molecule has 0 bridgehead atoms. The fourth-order valence-corrected chi connectivity index (χ4v) is 6.50. The number of fused-ring (bicyclic) bond motifs is 5. The summed E-state index contributed by atoms with van der Waals surface area (Å²) in [6, 6.07) is 19.6. The maximum absolute atomic E-state index is 13.5. The van der Waals surface area contributed by atoms with Crippen LogP contribution in [0.2, 0.25) is 0 Å². The summed E-state index contributed by atoms with van der Waals surface area (Å²) >= 11 is 0. The van der Waals surface area contributed by atoms with Gasteiger partial charge in [-0.15, -0.1) is 0 Å². The fourth-order valence-electron chi connectivity index (χ4n) is 5.08. The Hall–Kier alpha value is -3.36. The number of piperidine rings is 1. The number of pyridine rings is 1. The summed E-state index contributed by atoms with van der Waals surface area (Å²) in [5.41, 5.74) is 3.79. The lowest BCUT2D eigenvalue weighted by Gasteiger charge is -2.45. The molecule has 1 N–H and O–H groups in total. The Morgan fingerprint density at radius 3 is 2.67 bits per heavy atom. The Balaban J connectivity index is 1.28. The number of benzene rings is 2. The quantitative estimate of drug-likeness (QED) is 0.497. The predicted molar refractivity (Wildman–Crippen MR) is 127 cm³/mol. The molecular formula is C25H24N4O3S. The molecule has 7 nitrogen and oxygen atoms in total. The van der Waals surface area contributed by atoms with Crippen LogP contribution in [-0.4, -0.2) is 42.5 Å². The van der Waals surface area contributed by atoms with E-state index >= 15 is 0 Å². The number of nitrogens with zero attached hydrogens (tertiary/aromatic N) is 3. The molecule has 8 heteroatoms. The number of sulfonamides is 1. The number of para-hydroxylation sites is 2. The number of anilines is 1. The molecule has 168 valence electrons. The van der Waals surface area contributed by atoms with E-state index in [0.717, 1.165) is 16.8 Å². The van der Waals surface area contributed by atoms with Crippen LogP contribution in [0.1, 0.15) is 18.5 Å². The lowest BCUT2D eigenvalue weighted by atomic mass is 9.83. The van der Waals surface area contributed by atoms with E-state index in [0.29, 0.717) is 37.2 Å². The molecule has 6 rings (SSSR count). The smallest absolute Gasteiger partial charge is 0.244 e. The Bertz CT molecular complexity index is 1470. The van der Waals surface area contributed by atoms with Crippen molar-refractivity contribution in [2.24, 2.45) is 0 Å². The second-order valence-corrected chi connectivity index (χ2v) is 10.6.